The Labute approximate surface area is 118 Å². The molecule has 0 saturated carbocycles. The lowest BCUT2D eigenvalue weighted by atomic mass is 10.1. The van der Waals surface area contributed by atoms with E-state index in [2.05, 4.69) is 37.7 Å². The second-order valence-electron chi connectivity index (χ2n) is 5.64. The fraction of sp³-hybridized carbons (Fsp3) is 0.929. The van der Waals surface area contributed by atoms with Crippen molar-refractivity contribution in [3.63, 3.8) is 0 Å². The van der Waals surface area contributed by atoms with Crippen LogP contribution in [0.4, 0.5) is 0 Å². The Balaban J connectivity index is 4.12. The highest BCUT2D eigenvalue weighted by Crippen LogP contribution is 2.02. The van der Waals surface area contributed by atoms with Crippen molar-refractivity contribution >= 4 is 5.97 Å². The summed E-state index contributed by atoms with van der Waals surface area (Å²) in [4.78, 5) is 16.0. The summed E-state index contributed by atoms with van der Waals surface area (Å²) in [5.41, 5.74) is 5.83. The van der Waals surface area contributed by atoms with E-state index >= 15 is 0 Å². The largest absolute Gasteiger partial charge is 0.465 e. The van der Waals surface area contributed by atoms with Crippen molar-refractivity contribution in [3.8, 4) is 0 Å². The van der Waals surface area contributed by atoms with Gasteiger partial charge in [-0.3, -0.25) is 4.79 Å². The number of carbonyl (C=O) groups excluding carboxylic acids is 1. The van der Waals surface area contributed by atoms with Crippen LogP contribution < -0.4 is 5.73 Å². The number of rotatable bonds is 10. The van der Waals surface area contributed by atoms with E-state index in [-0.39, 0.29) is 5.97 Å². The fourth-order valence-corrected chi connectivity index (χ4v) is 1.84. The summed E-state index contributed by atoms with van der Waals surface area (Å²) >= 11 is 0. The lowest BCUT2D eigenvalue weighted by Gasteiger charge is -2.26. The Morgan fingerprint density at radius 1 is 1.21 bits per heavy atom. The zero-order chi connectivity index (χ0) is 14.8. The number of carbonyl (C=O) groups is 1. The molecule has 0 aliphatic rings. The van der Waals surface area contributed by atoms with E-state index in [1.807, 2.05) is 0 Å². The number of hydrogen-bond donors (Lipinski definition) is 1. The Bertz CT molecular complexity index is 245. The van der Waals surface area contributed by atoms with Gasteiger partial charge in [-0.15, -0.1) is 0 Å². The molecule has 114 valence electrons. The molecule has 5 nitrogen and oxygen atoms in total. The van der Waals surface area contributed by atoms with Crippen LogP contribution in [0.25, 0.3) is 0 Å². The van der Waals surface area contributed by atoms with E-state index in [4.69, 9.17) is 10.5 Å². The number of likely N-dealkylation sites (N-methyl/N-ethyl adjacent to an activating group) is 1. The van der Waals surface area contributed by atoms with E-state index in [1.54, 1.807) is 6.92 Å². The van der Waals surface area contributed by atoms with Crippen LogP contribution in [0.5, 0.6) is 0 Å². The fourth-order valence-electron chi connectivity index (χ4n) is 1.84. The van der Waals surface area contributed by atoms with Gasteiger partial charge < -0.3 is 20.3 Å². The average Bonchev–Trinajstić information content (AvgIpc) is 2.31. The molecule has 0 spiro atoms. The van der Waals surface area contributed by atoms with Gasteiger partial charge in [-0.2, -0.15) is 0 Å². The van der Waals surface area contributed by atoms with Gasteiger partial charge in [0.25, 0.3) is 0 Å². The summed E-state index contributed by atoms with van der Waals surface area (Å²) in [5.74, 6) is 0.320. The second-order valence-corrected chi connectivity index (χ2v) is 5.64. The molecule has 1 atom stereocenters. The van der Waals surface area contributed by atoms with Crippen molar-refractivity contribution in [1.82, 2.24) is 9.80 Å². The number of hydrogen-bond acceptors (Lipinski definition) is 5. The SMILES string of the molecule is CCOC(=O)C(N)CCN(CCN(C)C)CC(C)C. The Morgan fingerprint density at radius 2 is 1.84 bits per heavy atom. The standard InChI is InChI=1S/C14H31N3O2/c1-6-19-14(18)13(15)7-8-17(11-12(2)3)10-9-16(4)5/h12-13H,6-11,15H2,1-5H3. The third-order valence-corrected chi connectivity index (χ3v) is 2.83. The summed E-state index contributed by atoms with van der Waals surface area (Å²) < 4.78 is 4.92. The molecule has 0 heterocycles. The minimum Gasteiger partial charge on any atom is -0.465 e. The molecule has 0 bridgehead atoms. The van der Waals surface area contributed by atoms with Gasteiger partial charge in [0.1, 0.15) is 6.04 Å². The number of nitrogens with two attached hydrogens (primary N) is 1. The molecule has 5 heteroatoms. The topological polar surface area (TPSA) is 58.8 Å². The number of ether oxygens (including phenoxy) is 1. The van der Waals surface area contributed by atoms with Gasteiger partial charge in [0.05, 0.1) is 6.61 Å². The summed E-state index contributed by atoms with van der Waals surface area (Å²) in [6.07, 6.45) is 0.652. The molecular weight excluding hydrogens is 242 g/mol. The number of nitrogens with zero attached hydrogens (tertiary/aromatic N) is 2. The monoisotopic (exact) mass is 273 g/mol. The van der Waals surface area contributed by atoms with Gasteiger partial charge in [0.2, 0.25) is 0 Å². The normalized spacial score (nSPS) is 13.3. The predicted octanol–water partition coefficient (Wildman–Crippen LogP) is 0.787. The first-order valence-corrected chi connectivity index (χ1v) is 7.16. The van der Waals surface area contributed by atoms with Gasteiger partial charge in [-0.05, 0) is 33.4 Å². The van der Waals surface area contributed by atoms with E-state index < -0.39 is 6.04 Å². The van der Waals surface area contributed by atoms with Crippen LogP contribution in [0.15, 0.2) is 0 Å². The maximum Gasteiger partial charge on any atom is 0.322 e. The van der Waals surface area contributed by atoms with Crippen LogP contribution in [0.3, 0.4) is 0 Å². The van der Waals surface area contributed by atoms with Crippen molar-refractivity contribution in [2.24, 2.45) is 11.7 Å². The molecule has 0 fully saturated rings. The number of esters is 1. The van der Waals surface area contributed by atoms with Crippen molar-refractivity contribution < 1.29 is 9.53 Å². The molecule has 0 aromatic heterocycles. The molecular formula is C14H31N3O2. The van der Waals surface area contributed by atoms with Gasteiger partial charge in [-0.1, -0.05) is 13.8 Å². The van der Waals surface area contributed by atoms with Gasteiger partial charge in [0, 0.05) is 26.2 Å². The molecule has 1 unspecified atom stereocenters. The minimum atomic E-state index is -0.506. The summed E-state index contributed by atoms with van der Waals surface area (Å²) in [6.45, 7) is 10.5. The highest BCUT2D eigenvalue weighted by atomic mass is 16.5. The van der Waals surface area contributed by atoms with Crippen LogP contribution in [0, 0.1) is 5.92 Å². The molecule has 2 N–H and O–H groups in total. The lowest BCUT2D eigenvalue weighted by molar-refractivity contribution is -0.144. The van der Waals surface area contributed by atoms with Crippen LogP contribution >= 0.6 is 0 Å². The second kappa shape index (κ2) is 10.2. The molecule has 0 aliphatic heterocycles. The smallest absolute Gasteiger partial charge is 0.322 e. The average molecular weight is 273 g/mol. The Morgan fingerprint density at radius 3 is 2.32 bits per heavy atom. The van der Waals surface area contributed by atoms with Crippen molar-refractivity contribution in [2.75, 3.05) is 46.9 Å². The van der Waals surface area contributed by atoms with E-state index in [0.717, 1.165) is 26.2 Å². The zero-order valence-electron chi connectivity index (χ0n) is 13.2. The minimum absolute atomic E-state index is 0.292. The van der Waals surface area contributed by atoms with Crippen molar-refractivity contribution in [2.45, 2.75) is 33.2 Å². The molecule has 0 rings (SSSR count). The van der Waals surface area contributed by atoms with E-state index in [9.17, 15) is 4.79 Å². The first-order valence-electron chi connectivity index (χ1n) is 7.16. The van der Waals surface area contributed by atoms with Crippen molar-refractivity contribution in [3.05, 3.63) is 0 Å². The van der Waals surface area contributed by atoms with Crippen LogP contribution in [0.1, 0.15) is 27.2 Å². The van der Waals surface area contributed by atoms with Crippen LogP contribution in [-0.2, 0) is 9.53 Å². The first kappa shape index (κ1) is 18.4. The highest BCUT2D eigenvalue weighted by molar-refractivity contribution is 5.75. The Hall–Kier alpha value is -0.650. The van der Waals surface area contributed by atoms with Gasteiger partial charge in [0.15, 0.2) is 0 Å². The van der Waals surface area contributed by atoms with Gasteiger partial charge >= 0.3 is 5.97 Å². The molecule has 19 heavy (non-hydrogen) atoms. The molecule has 0 saturated heterocycles. The zero-order valence-corrected chi connectivity index (χ0v) is 13.2. The maximum absolute atomic E-state index is 11.5. The first-order chi connectivity index (χ1) is 8.86. The van der Waals surface area contributed by atoms with Crippen molar-refractivity contribution in [1.29, 1.82) is 0 Å². The summed E-state index contributed by atoms with van der Waals surface area (Å²) in [5, 5.41) is 0. The summed E-state index contributed by atoms with van der Waals surface area (Å²) in [6, 6.07) is -0.506. The predicted molar refractivity (Wildman–Crippen MR) is 79.1 cm³/mol. The molecule has 0 radical (unpaired) electrons. The lowest BCUT2D eigenvalue weighted by Crippen LogP contribution is -2.40. The third-order valence-electron chi connectivity index (χ3n) is 2.83. The molecule has 0 aromatic rings. The van der Waals surface area contributed by atoms with Crippen LogP contribution in [-0.4, -0.2) is 68.7 Å². The third kappa shape index (κ3) is 9.87. The van der Waals surface area contributed by atoms with Crippen LogP contribution in [0.2, 0.25) is 0 Å². The molecule has 0 aromatic carbocycles. The Kier molecular flexibility index (Phi) is 9.83. The maximum atomic E-state index is 11.5. The molecule has 0 amide bonds. The highest BCUT2D eigenvalue weighted by Gasteiger charge is 2.16. The van der Waals surface area contributed by atoms with E-state index in [1.165, 1.54) is 0 Å². The quantitative estimate of drug-likeness (QED) is 0.596. The summed E-state index contributed by atoms with van der Waals surface area (Å²) in [7, 11) is 4.13. The molecule has 0 aliphatic carbocycles. The van der Waals surface area contributed by atoms with E-state index in [0.29, 0.717) is 18.9 Å². The van der Waals surface area contributed by atoms with Gasteiger partial charge in [-0.25, -0.2) is 0 Å².